The third-order valence-electron chi connectivity index (χ3n) is 6.72. The summed E-state index contributed by atoms with van der Waals surface area (Å²) in [6.45, 7) is 6.08. The van der Waals surface area contributed by atoms with Gasteiger partial charge in [0.1, 0.15) is 18.8 Å². The number of nitro groups is 1. The molecule has 1 N–H and O–H groups in total. The van der Waals surface area contributed by atoms with Crippen LogP contribution in [0.15, 0.2) is 30.3 Å². The first kappa shape index (κ1) is 29.6. The highest BCUT2D eigenvalue weighted by molar-refractivity contribution is 5.65. The Morgan fingerprint density at radius 3 is 2.41 bits per heavy atom. The van der Waals surface area contributed by atoms with Crippen molar-refractivity contribution in [3.8, 4) is 40.6 Å². The standard InChI is InChI=1S/C28H36N2O9/c1-6-36-24-15-19(25(37-7-2)27(35-5)26(24)34-4)28(3,17-29)13-12-21(31)20(30(32)33)14-18-16-38-22-10-8-9-11-23(22)39-18/h8-11,15,18,20-21,31H,6-7,12-14,16H2,1-5H3. The molecule has 2 aromatic carbocycles. The highest BCUT2D eigenvalue weighted by Gasteiger charge is 2.39. The molecule has 212 valence electrons. The van der Waals surface area contributed by atoms with E-state index in [0.29, 0.717) is 47.5 Å². The Hall–Kier alpha value is -3.91. The number of nitriles is 1. The van der Waals surface area contributed by atoms with Gasteiger partial charge in [0.15, 0.2) is 23.0 Å². The van der Waals surface area contributed by atoms with Crippen molar-refractivity contribution in [2.24, 2.45) is 0 Å². The number of nitrogens with zero attached hydrogens (tertiary/aromatic N) is 2. The van der Waals surface area contributed by atoms with Crippen molar-refractivity contribution in [3.63, 3.8) is 0 Å². The van der Waals surface area contributed by atoms with Gasteiger partial charge in [-0.2, -0.15) is 5.26 Å². The van der Waals surface area contributed by atoms with Crippen LogP contribution in [-0.4, -0.2) is 62.3 Å². The zero-order chi connectivity index (χ0) is 28.6. The molecule has 11 heteroatoms. The van der Waals surface area contributed by atoms with Gasteiger partial charge in [-0.15, -0.1) is 0 Å². The Kier molecular flexibility index (Phi) is 10.1. The molecule has 4 unspecified atom stereocenters. The van der Waals surface area contributed by atoms with Crippen LogP contribution in [0.1, 0.15) is 45.6 Å². The number of rotatable bonds is 14. The SMILES string of the molecule is CCOc1cc(C(C)(C#N)CCC(O)C(CC2COc3ccccc3O2)[N+](=O)[O-])c(OCC)c(OC)c1OC. The molecule has 0 aromatic heterocycles. The van der Waals surface area contributed by atoms with Crippen LogP contribution < -0.4 is 28.4 Å². The molecule has 0 spiro atoms. The second-order valence-corrected chi connectivity index (χ2v) is 9.32. The molecular formula is C28H36N2O9. The summed E-state index contributed by atoms with van der Waals surface area (Å²) in [7, 11) is 2.94. The molecule has 1 heterocycles. The third kappa shape index (κ3) is 6.57. The Labute approximate surface area is 228 Å². The van der Waals surface area contributed by atoms with E-state index in [1.54, 1.807) is 38.1 Å². The minimum absolute atomic E-state index is 0.0241. The van der Waals surface area contributed by atoms with Gasteiger partial charge in [0.25, 0.3) is 0 Å². The normalized spacial score (nSPS) is 17.2. The Morgan fingerprint density at radius 2 is 1.82 bits per heavy atom. The van der Waals surface area contributed by atoms with Crippen molar-refractivity contribution < 1.29 is 38.5 Å². The zero-order valence-corrected chi connectivity index (χ0v) is 23.0. The van der Waals surface area contributed by atoms with Gasteiger partial charge >= 0.3 is 0 Å². The second kappa shape index (κ2) is 13.2. The smallest absolute Gasteiger partial charge is 0.242 e. The quantitative estimate of drug-likeness (QED) is 0.270. The maximum atomic E-state index is 12.0. The summed E-state index contributed by atoms with van der Waals surface area (Å²) in [4.78, 5) is 11.4. The summed E-state index contributed by atoms with van der Waals surface area (Å²) in [6, 6.07) is 9.75. The van der Waals surface area contributed by atoms with Crippen molar-refractivity contribution in [2.75, 3.05) is 34.0 Å². The summed E-state index contributed by atoms with van der Waals surface area (Å²) in [6.07, 6.45) is -1.92. The summed E-state index contributed by atoms with van der Waals surface area (Å²) in [5.74, 6) is 2.37. The molecule has 2 aromatic rings. The topological polar surface area (TPSA) is 143 Å². The fourth-order valence-corrected chi connectivity index (χ4v) is 4.65. The summed E-state index contributed by atoms with van der Waals surface area (Å²) >= 11 is 0. The van der Waals surface area contributed by atoms with Crippen LogP contribution in [0.5, 0.6) is 34.5 Å². The molecule has 0 saturated heterocycles. The lowest BCUT2D eigenvalue weighted by atomic mass is 9.77. The van der Waals surface area contributed by atoms with E-state index >= 15 is 0 Å². The first-order valence-corrected chi connectivity index (χ1v) is 12.9. The van der Waals surface area contributed by atoms with E-state index in [2.05, 4.69) is 6.07 Å². The van der Waals surface area contributed by atoms with Crippen molar-refractivity contribution >= 4 is 0 Å². The van der Waals surface area contributed by atoms with E-state index in [4.69, 9.17) is 28.4 Å². The molecule has 4 atom stereocenters. The molecule has 0 fully saturated rings. The van der Waals surface area contributed by atoms with E-state index in [1.807, 2.05) is 13.0 Å². The number of methoxy groups -OCH3 is 2. The van der Waals surface area contributed by atoms with E-state index in [0.717, 1.165) is 0 Å². The van der Waals surface area contributed by atoms with E-state index in [1.165, 1.54) is 14.2 Å². The first-order valence-electron chi connectivity index (χ1n) is 12.9. The van der Waals surface area contributed by atoms with Gasteiger partial charge in [-0.1, -0.05) is 12.1 Å². The molecule has 0 aliphatic carbocycles. The number of aliphatic hydroxyl groups is 1. The number of hydrogen-bond acceptors (Lipinski definition) is 10. The van der Waals surface area contributed by atoms with Crippen LogP contribution in [0.25, 0.3) is 0 Å². The fraction of sp³-hybridized carbons (Fsp3) is 0.536. The maximum absolute atomic E-state index is 12.0. The first-order chi connectivity index (χ1) is 18.7. The molecule has 39 heavy (non-hydrogen) atoms. The van der Waals surface area contributed by atoms with Crippen molar-refractivity contribution in [1.82, 2.24) is 0 Å². The van der Waals surface area contributed by atoms with Gasteiger partial charge in [-0.3, -0.25) is 10.1 Å². The van der Waals surface area contributed by atoms with Crippen LogP contribution in [0, 0.1) is 21.4 Å². The highest BCUT2D eigenvalue weighted by Crippen LogP contribution is 2.51. The minimum atomic E-state index is -1.34. The molecule has 0 saturated carbocycles. The number of benzene rings is 2. The second-order valence-electron chi connectivity index (χ2n) is 9.32. The molecule has 0 amide bonds. The molecule has 1 aliphatic rings. The lowest BCUT2D eigenvalue weighted by Gasteiger charge is -2.30. The Bertz CT molecular complexity index is 1180. The van der Waals surface area contributed by atoms with Crippen LogP contribution in [0.4, 0.5) is 0 Å². The number of hydrogen-bond donors (Lipinski definition) is 1. The average Bonchev–Trinajstić information content (AvgIpc) is 2.94. The predicted molar refractivity (Wildman–Crippen MR) is 142 cm³/mol. The monoisotopic (exact) mass is 544 g/mol. The van der Waals surface area contributed by atoms with Gasteiger partial charge in [0, 0.05) is 10.5 Å². The molecule has 11 nitrogen and oxygen atoms in total. The zero-order valence-electron chi connectivity index (χ0n) is 23.0. The lowest BCUT2D eigenvalue weighted by molar-refractivity contribution is -0.537. The van der Waals surface area contributed by atoms with E-state index in [-0.39, 0.29) is 31.6 Å². The van der Waals surface area contributed by atoms with Crippen molar-refractivity contribution in [3.05, 3.63) is 46.0 Å². The lowest BCUT2D eigenvalue weighted by Crippen LogP contribution is -2.42. The van der Waals surface area contributed by atoms with Crippen LogP contribution >= 0.6 is 0 Å². The van der Waals surface area contributed by atoms with Gasteiger partial charge < -0.3 is 33.5 Å². The largest absolute Gasteiger partial charge is 0.490 e. The molecular weight excluding hydrogens is 508 g/mol. The summed E-state index contributed by atoms with van der Waals surface area (Å²) in [5, 5.41) is 33.2. The van der Waals surface area contributed by atoms with Crippen molar-refractivity contribution in [2.45, 2.75) is 63.7 Å². The van der Waals surface area contributed by atoms with Gasteiger partial charge in [-0.05, 0) is 51.8 Å². The molecule has 0 bridgehead atoms. The maximum Gasteiger partial charge on any atom is 0.242 e. The van der Waals surface area contributed by atoms with Crippen molar-refractivity contribution in [1.29, 1.82) is 5.26 Å². The summed E-state index contributed by atoms with van der Waals surface area (Å²) < 4.78 is 34.3. The average molecular weight is 545 g/mol. The fourth-order valence-electron chi connectivity index (χ4n) is 4.65. The van der Waals surface area contributed by atoms with E-state index < -0.39 is 28.6 Å². The van der Waals surface area contributed by atoms with Crippen LogP contribution in [0.2, 0.25) is 0 Å². The third-order valence-corrected chi connectivity index (χ3v) is 6.72. The number of ether oxygens (including phenoxy) is 6. The van der Waals surface area contributed by atoms with Gasteiger partial charge in [0.05, 0.1) is 45.3 Å². The Morgan fingerprint density at radius 1 is 1.15 bits per heavy atom. The summed E-state index contributed by atoms with van der Waals surface area (Å²) in [5.41, 5.74) is -0.736. The molecule has 0 radical (unpaired) electrons. The predicted octanol–water partition coefficient (Wildman–Crippen LogP) is 4.30. The number of fused-ring (bicyclic) bond motifs is 1. The van der Waals surface area contributed by atoms with Gasteiger partial charge in [-0.25, -0.2) is 0 Å². The molecule has 3 rings (SSSR count). The highest BCUT2D eigenvalue weighted by atomic mass is 16.6. The molecule has 1 aliphatic heterocycles. The van der Waals surface area contributed by atoms with Gasteiger partial charge in [0.2, 0.25) is 17.5 Å². The Balaban J connectivity index is 1.85. The minimum Gasteiger partial charge on any atom is -0.490 e. The van der Waals surface area contributed by atoms with E-state index in [9.17, 15) is 20.5 Å². The number of para-hydroxylation sites is 2. The van der Waals surface area contributed by atoms with Crippen LogP contribution in [-0.2, 0) is 5.41 Å². The van der Waals surface area contributed by atoms with Crippen LogP contribution in [0.3, 0.4) is 0 Å². The number of aliphatic hydroxyl groups excluding tert-OH is 1.